The van der Waals surface area contributed by atoms with Crippen LogP contribution in [-0.4, -0.2) is 71.9 Å². The molecule has 2 aromatic heterocycles. The van der Waals surface area contributed by atoms with Gasteiger partial charge in [0, 0.05) is 68.3 Å². The van der Waals surface area contributed by atoms with Crippen molar-refractivity contribution in [3.05, 3.63) is 66.5 Å². The minimum absolute atomic E-state index is 0.311. The Morgan fingerprint density at radius 2 is 2.00 bits per heavy atom. The Kier molecular flexibility index (Phi) is 8.18. The number of benzene rings is 2. The lowest BCUT2D eigenvalue weighted by atomic mass is 10.1. The first-order chi connectivity index (χ1) is 19.4. The number of methoxy groups -OCH3 is 1. The molecule has 1 aliphatic heterocycles. The van der Waals surface area contributed by atoms with E-state index in [0.717, 1.165) is 48.3 Å². The Labute approximate surface area is 237 Å². The van der Waals surface area contributed by atoms with Crippen LogP contribution < -0.4 is 20.3 Å². The second-order valence-electron chi connectivity index (χ2n) is 9.50. The molecule has 4 aromatic rings. The summed E-state index contributed by atoms with van der Waals surface area (Å²) in [6.07, 6.45) is 4.78. The van der Waals surface area contributed by atoms with E-state index in [1.165, 1.54) is 6.08 Å². The minimum Gasteiger partial charge on any atom is -0.495 e. The predicted molar refractivity (Wildman–Crippen MR) is 159 cm³/mol. The summed E-state index contributed by atoms with van der Waals surface area (Å²) < 4.78 is 20.3. The molecule has 0 saturated carbocycles. The van der Waals surface area contributed by atoms with E-state index in [0.29, 0.717) is 40.3 Å². The van der Waals surface area contributed by atoms with Crippen molar-refractivity contribution < 1.29 is 13.9 Å². The van der Waals surface area contributed by atoms with E-state index in [1.54, 1.807) is 31.5 Å². The number of piperazine rings is 1. The fourth-order valence-electron chi connectivity index (χ4n) is 4.92. The normalized spacial score (nSPS) is 13.8. The van der Waals surface area contributed by atoms with Gasteiger partial charge in [-0.1, -0.05) is 24.2 Å². The number of nitrogens with zero attached hydrogens (tertiary/aromatic N) is 5. The molecule has 208 valence electrons. The number of halogens is 2. The van der Waals surface area contributed by atoms with Crippen LogP contribution in [0.25, 0.3) is 22.2 Å². The molecule has 3 heterocycles. The van der Waals surface area contributed by atoms with Crippen LogP contribution in [0.2, 0.25) is 5.02 Å². The maximum absolute atomic E-state index is 12.7. The van der Waals surface area contributed by atoms with Gasteiger partial charge in [-0.05, 0) is 36.4 Å². The van der Waals surface area contributed by atoms with E-state index in [-0.39, 0.29) is 12.6 Å². The molecular formula is C29H31ClFN7O2. The lowest BCUT2D eigenvalue weighted by Gasteiger charge is -2.35. The minimum atomic E-state index is -0.320. The summed E-state index contributed by atoms with van der Waals surface area (Å²) in [5.41, 5.74) is 4.79. The van der Waals surface area contributed by atoms with Crippen molar-refractivity contribution in [3.63, 3.8) is 0 Å². The van der Waals surface area contributed by atoms with Gasteiger partial charge in [0.15, 0.2) is 0 Å². The fourth-order valence-corrected chi connectivity index (χ4v) is 5.11. The van der Waals surface area contributed by atoms with Crippen LogP contribution in [-0.2, 0) is 11.8 Å². The van der Waals surface area contributed by atoms with Crippen molar-refractivity contribution >= 4 is 51.4 Å². The zero-order chi connectivity index (χ0) is 28.2. The summed E-state index contributed by atoms with van der Waals surface area (Å²) >= 11 is 6.61. The van der Waals surface area contributed by atoms with E-state index in [1.807, 2.05) is 13.2 Å². The van der Waals surface area contributed by atoms with Crippen LogP contribution in [0.4, 0.5) is 27.4 Å². The van der Waals surface area contributed by atoms with Crippen molar-refractivity contribution in [2.24, 2.45) is 7.05 Å². The number of carbonyl (C=O) groups is 1. The summed E-state index contributed by atoms with van der Waals surface area (Å²) in [6, 6.07) is 11.6. The van der Waals surface area contributed by atoms with Gasteiger partial charge in [-0.25, -0.2) is 14.4 Å². The third-order valence-electron chi connectivity index (χ3n) is 7.01. The van der Waals surface area contributed by atoms with Gasteiger partial charge in [0.1, 0.15) is 12.4 Å². The standard InChI is InChI=1S/C29H31ClFN7O2/c1-4-27(39)33-19-5-8-26(40-3)24(15-19)34-29-32-17-23(30)28(35-29)22-18-36(2)25-16-20(6-7-21(22)25)38-13-11-37(10-9-31)12-14-38/h4-8,15-18H,1,9-14H2,2-3H3,(H,33,39)(H,32,34,35). The average Bonchev–Trinajstić information content (AvgIpc) is 3.30. The monoisotopic (exact) mass is 563 g/mol. The molecule has 0 aliphatic carbocycles. The smallest absolute Gasteiger partial charge is 0.247 e. The topological polar surface area (TPSA) is 87.5 Å². The maximum Gasteiger partial charge on any atom is 0.247 e. The molecule has 40 heavy (non-hydrogen) atoms. The summed E-state index contributed by atoms with van der Waals surface area (Å²) in [4.78, 5) is 25.4. The Morgan fingerprint density at radius 1 is 1.20 bits per heavy atom. The van der Waals surface area contributed by atoms with Crippen molar-refractivity contribution in [1.82, 2.24) is 19.4 Å². The Morgan fingerprint density at radius 3 is 2.73 bits per heavy atom. The molecule has 1 amide bonds. The first-order valence-electron chi connectivity index (χ1n) is 12.9. The third kappa shape index (κ3) is 5.73. The van der Waals surface area contributed by atoms with E-state index in [2.05, 4.69) is 54.8 Å². The molecule has 5 rings (SSSR count). The molecule has 1 aliphatic rings. The number of hydrogen-bond donors (Lipinski definition) is 2. The molecule has 0 atom stereocenters. The van der Waals surface area contributed by atoms with Crippen molar-refractivity contribution in [2.45, 2.75) is 0 Å². The van der Waals surface area contributed by atoms with Crippen molar-refractivity contribution in [2.75, 3.05) is 62.0 Å². The summed E-state index contributed by atoms with van der Waals surface area (Å²) in [7, 11) is 3.56. The van der Waals surface area contributed by atoms with Crippen LogP contribution in [0.3, 0.4) is 0 Å². The Hall–Kier alpha value is -4.15. The Balaban J connectivity index is 1.43. The predicted octanol–water partition coefficient (Wildman–Crippen LogP) is 5.26. The van der Waals surface area contributed by atoms with Crippen LogP contribution in [0.5, 0.6) is 5.75 Å². The van der Waals surface area contributed by atoms with E-state index in [9.17, 15) is 9.18 Å². The van der Waals surface area contributed by atoms with Crippen LogP contribution >= 0.6 is 11.6 Å². The fraction of sp³-hybridized carbons (Fsp3) is 0.276. The number of ether oxygens (including phenoxy) is 1. The lowest BCUT2D eigenvalue weighted by molar-refractivity contribution is -0.111. The zero-order valence-corrected chi connectivity index (χ0v) is 23.2. The lowest BCUT2D eigenvalue weighted by Crippen LogP contribution is -2.47. The number of aryl methyl sites for hydroxylation is 1. The zero-order valence-electron chi connectivity index (χ0n) is 22.5. The maximum atomic E-state index is 12.7. The number of alkyl halides is 1. The highest BCUT2D eigenvalue weighted by atomic mass is 35.5. The number of aromatic nitrogens is 3. The summed E-state index contributed by atoms with van der Waals surface area (Å²) in [6.45, 7) is 7.08. The van der Waals surface area contributed by atoms with E-state index < -0.39 is 0 Å². The Bertz CT molecular complexity index is 1550. The van der Waals surface area contributed by atoms with Crippen LogP contribution in [0, 0.1) is 0 Å². The van der Waals surface area contributed by atoms with Gasteiger partial charge in [-0.15, -0.1) is 0 Å². The van der Waals surface area contributed by atoms with E-state index in [4.69, 9.17) is 21.3 Å². The second-order valence-corrected chi connectivity index (χ2v) is 9.90. The van der Waals surface area contributed by atoms with Crippen LogP contribution in [0.15, 0.2) is 61.4 Å². The molecule has 11 heteroatoms. The molecule has 1 fully saturated rings. The molecule has 0 bridgehead atoms. The highest BCUT2D eigenvalue weighted by Gasteiger charge is 2.20. The molecule has 0 spiro atoms. The number of nitrogens with one attached hydrogen (secondary N) is 2. The van der Waals surface area contributed by atoms with E-state index >= 15 is 0 Å². The van der Waals surface area contributed by atoms with Gasteiger partial charge in [-0.3, -0.25) is 9.69 Å². The summed E-state index contributed by atoms with van der Waals surface area (Å²) in [5, 5.41) is 7.36. The molecule has 1 saturated heterocycles. The third-order valence-corrected chi connectivity index (χ3v) is 7.29. The van der Waals surface area contributed by atoms with Crippen molar-refractivity contribution in [1.29, 1.82) is 0 Å². The summed E-state index contributed by atoms with van der Waals surface area (Å²) in [5.74, 6) is 0.559. The molecule has 0 radical (unpaired) electrons. The number of rotatable bonds is 9. The molecule has 2 N–H and O–H groups in total. The first-order valence-corrected chi connectivity index (χ1v) is 13.3. The second kappa shape index (κ2) is 11.9. The van der Waals surface area contributed by atoms with Crippen molar-refractivity contribution in [3.8, 4) is 17.0 Å². The van der Waals surface area contributed by atoms with Gasteiger partial charge >= 0.3 is 0 Å². The number of anilines is 4. The quantitative estimate of drug-likeness (QED) is 0.269. The number of amides is 1. The van der Waals surface area contributed by atoms with Gasteiger partial charge in [-0.2, -0.15) is 0 Å². The average molecular weight is 564 g/mol. The number of carbonyl (C=O) groups excluding carboxylic acids is 1. The highest BCUT2D eigenvalue weighted by molar-refractivity contribution is 6.33. The van der Waals surface area contributed by atoms with Gasteiger partial charge < -0.3 is 24.8 Å². The molecular weight excluding hydrogens is 533 g/mol. The number of hydrogen-bond acceptors (Lipinski definition) is 7. The molecule has 9 nitrogen and oxygen atoms in total. The van der Waals surface area contributed by atoms with Crippen LogP contribution in [0.1, 0.15) is 0 Å². The van der Waals surface area contributed by atoms with Gasteiger partial charge in [0.05, 0.1) is 35.2 Å². The first kappa shape index (κ1) is 27.4. The number of fused-ring (bicyclic) bond motifs is 1. The molecule has 2 aromatic carbocycles. The largest absolute Gasteiger partial charge is 0.495 e. The van der Waals surface area contributed by atoms with Gasteiger partial charge in [0.2, 0.25) is 11.9 Å². The molecule has 0 unspecified atom stereocenters. The highest BCUT2D eigenvalue weighted by Crippen LogP contribution is 2.36. The van der Waals surface area contributed by atoms with Gasteiger partial charge in [0.25, 0.3) is 0 Å². The SMILES string of the molecule is C=CC(=O)Nc1ccc(OC)c(Nc2ncc(Cl)c(-c3cn(C)c4cc(N5CCN(CCF)CC5)ccc34)n2)c1.